The molecule has 0 radical (unpaired) electrons. The van der Waals surface area contributed by atoms with E-state index in [0.29, 0.717) is 12.3 Å². The van der Waals surface area contributed by atoms with E-state index in [1.165, 1.54) is 31.2 Å². The standard InChI is InChI=1S/C31H35N3O2/c1-22-8-6-11-24(20-22)31-28-14-7-19-32(28)26-12-4-5-13-27(26)34(31)30(36)21-33(25-16-17-25)29(35)18-15-23-9-2-3-10-23/h4-8,11-14,19-20,23,25,31H,2-3,9-10,15-18,21H2,1H3. The molecule has 2 aromatic carbocycles. The molecule has 36 heavy (non-hydrogen) atoms. The van der Waals surface area contributed by atoms with Crippen LogP contribution in [-0.2, 0) is 9.59 Å². The lowest BCUT2D eigenvalue weighted by Crippen LogP contribution is -2.47. The van der Waals surface area contributed by atoms with Crippen LogP contribution in [0.25, 0.3) is 5.69 Å². The van der Waals surface area contributed by atoms with E-state index in [9.17, 15) is 9.59 Å². The van der Waals surface area contributed by atoms with Gasteiger partial charge in [0.15, 0.2) is 0 Å². The molecule has 0 spiro atoms. The molecule has 1 unspecified atom stereocenters. The van der Waals surface area contributed by atoms with Gasteiger partial charge in [-0.25, -0.2) is 0 Å². The van der Waals surface area contributed by atoms with Crippen molar-refractivity contribution in [3.8, 4) is 5.69 Å². The predicted octanol–water partition coefficient (Wildman–Crippen LogP) is 6.18. The van der Waals surface area contributed by atoms with Gasteiger partial charge in [-0.1, -0.05) is 67.6 Å². The summed E-state index contributed by atoms with van der Waals surface area (Å²) in [6.45, 7) is 2.23. The molecular formula is C31H35N3O2. The van der Waals surface area contributed by atoms with Gasteiger partial charge in [0.2, 0.25) is 11.8 Å². The van der Waals surface area contributed by atoms with Crippen molar-refractivity contribution >= 4 is 17.5 Å². The highest BCUT2D eigenvalue weighted by molar-refractivity contribution is 6.00. The lowest BCUT2D eigenvalue weighted by atomic mass is 9.96. The Kier molecular flexibility index (Phi) is 6.16. The van der Waals surface area contributed by atoms with Crippen molar-refractivity contribution in [3.63, 3.8) is 0 Å². The van der Waals surface area contributed by atoms with Gasteiger partial charge in [-0.15, -0.1) is 0 Å². The highest BCUT2D eigenvalue weighted by Gasteiger charge is 2.40. The minimum Gasteiger partial charge on any atom is -0.330 e. The van der Waals surface area contributed by atoms with Crippen LogP contribution in [0.3, 0.4) is 0 Å². The van der Waals surface area contributed by atoms with Crippen molar-refractivity contribution in [1.82, 2.24) is 9.47 Å². The lowest BCUT2D eigenvalue weighted by Gasteiger charge is -2.39. The summed E-state index contributed by atoms with van der Waals surface area (Å²) in [7, 11) is 0. The Morgan fingerprint density at radius 2 is 1.69 bits per heavy atom. The average molecular weight is 482 g/mol. The van der Waals surface area contributed by atoms with E-state index in [2.05, 4.69) is 54.1 Å². The summed E-state index contributed by atoms with van der Waals surface area (Å²) in [5.41, 5.74) is 5.22. The maximum absolute atomic E-state index is 14.2. The second kappa shape index (κ2) is 9.61. The predicted molar refractivity (Wildman–Crippen MR) is 142 cm³/mol. The van der Waals surface area contributed by atoms with E-state index in [1.54, 1.807) is 0 Å². The molecule has 5 nitrogen and oxygen atoms in total. The number of amides is 2. The molecular weight excluding hydrogens is 446 g/mol. The van der Waals surface area contributed by atoms with Gasteiger partial charge >= 0.3 is 0 Å². The Morgan fingerprint density at radius 1 is 0.917 bits per heavy atom. The third-order valence-electron chi connectivity index (χ3n) is 8.20. The van der Waals surface area contributed by atoms with Crippen LogP contribution in [0.5, 0.6) is 0 Å². The van der Waals surface area contributed by atoms with Crippen LogP contribution in [0.1, 0.15) is 74.2 Å². The monoisotopic (exact) mass is 481 g/mol. The largest absolute Gasteiger partial charge is 0.330 e. The Labute approximate surface area is 213 Å². The summed E-state index contributed by atoms with van der Waals surface area (Å²) in [5, 5.41) is 0. The molecule has 2 fully saturated rings. The first-order valence-corrected chi connectivity index (χ1v) is 13.5. The molecule has 2 saturated carbocycles. The van der Waals surface area contributed by atoms with Gasteiger partial charge in [0.25, 0.3) is 0 Å². The molecule has 2 amide bonds. The van der Waals surface area contributed by atoms with Gasteiger partial charge < -0.3 is 9.47 Å². The Bertz CT molecular complexity index is 1270. The molecule has 2 heterocycles. The Morgan fingerprint density at radius 3 is 2.44 bits per heavy atom. The number of carbonyl (C=O) groups is 2. The molecule has 0 N–H and O–H groups in total. The van der Waals surface area contributed by atoms with Crippen LogP contribution in [0.15, 0.2) is 66.9 Å². The number of anilines is 1. The zero-order chi connectivity index (χ0) is 24.6. The molecule has 6 rings (SSSR count). The fourth-order valence-corrected chi connectivity index (χ4v) is 6.22. The second-order valence-corrected chi connectivity index (χ2v) is 10.8. The molecule has 1 aromatic heterocycles. The SMILES string of the molecule is Cc1cccc(C2c3cccn3-c3ccccc3N2C(=O)CN(C(=O)CCC2CCCC2)C2CC2)c1. The van der Waals surface area contributed by atoms with Crippen LogP contribution >= 0.6 is 0 Å². The second-order valence-electron chi connectivity index (χ2n) is 10.8. The molecule has 3 aliphatic rings. The molecule has 3 aromatic rings. The number of nitrogens with zero attached hydrogens (tertiary/aromatic N) is 3. The minimum atomic E-state index is -0.239. The highest BCUT2D eigenvalue weighted by Crippen LogP contribution is 2.43. The van der Waals surface area contributed by atoms with Gasteiger partial charge in [0.1, 0.15) is 12.6 Å². The maximum atomic E-state index is 14.2. The summed E-state index contributed by atoms with van der Waals surface area (Å²) in [4.78, 5) is 31.4. The summed E-state index contributed by atoms with van der Waals surface area (Å²) in [6, 6.07) is 20.7. The van der Waals surface area contributed by atoms with Gasteiger partial charge in [-0.3, -0.25) is 14.5 Å². The smallest absolute Gasteiger partial charge is 0.247 e. The Balaban J connectivity index is 1.32. The number of rotatable bonds is 7. The van der Waals surface area contributed by atoms with E-state index in [1.807, 2.05) is 34.1 Å². The maximum Gasteiger partial charge on any atom is 0.247 e. The van der Waals surface area contributed by atoms with E-state index < -0.39 is 0 Å². The van der Waals surface area contributed by atoms with E-state index >= 15 is 0 Å². The van der Waals surface area contributed by atoms with Crippen LogP contribution < -0.4 is 4.90 Å². The molecule has 186 valence electrons. The highest BCUT2D eigenvalue weighted by atomic mass is 16.2. The van der Waals surface area contributed by atoms with Crippen molar-refractivity contribution in [2.45, 2.75) is 70.4 Å². The number of benzene rings is 2. The van der Waals surface area contributed by atoms with Crippen LogP contribution in [0.2, 0.25) is 0 Å². The summed E-state index contributed by atoms with van der Waals surface area (Å²) in [6.07, 6.45) is 10.7. The third-order valence-corrected chi connectivity index (χ3v) is 8.20. The molecule has 1 atom stereocenters. The van der Waals surface area contributed by atoms with Gasteiger partial charge in [0.05, 0.1) is 17.1 Å². The third kappa shape index (κ3) is 4.36. The van der Waals surface area contributed by atoms with Crippen molar-refractivity contribution in [2.75, 3.05) is 11.4 Å². The van der Waals surface area contributed by atoms with Crippen LogP contribution in [0.4, 0.5) is 5.69 Å². The van der Waals surface area contributed by atoms with Gasteiger partial charge in [0, 0.05) is 18.7 Å². The fourth-order valence-electron chi connectivity index (χ4n) is 6.22. The molecule has 2 aliphatic carbocycles. The summed E-state index contributed by atoms with van der Waals surface area (Å²) in [5.74, 6) is 0.819. The molecule has 0 saturated heterocycles. The number of para-hydroxylation sites is 2. The van der Waals surface area contributed by atoms with Crippen LogP contribution in [-0.4, -0.2) is 33.9 Å². The first-order valence-electron chi connectivity index (χ1n) is 13.5. The van der Waals surface area contributed by atoms with E-state index in [4.69, 9.17) is 0 Å². The van der Waals surface area contributed by atoms with Crippen LogP contribution in [0, 0.1) is 12.8 Å². The molecule has 0 bridgehead atoms. The Hall–Kier alpha value is -3.34. The first kappa shape index (κ1) is 23.1. The first-order chi connectivity index (χ1) is 17.6. The van der Waals surface area contributed by atoms with Crippen molar-refractivity contribution in [2.24, 2.45) is 5.92 Å². The van der Waals surface area contributed by atoms with Crippen molar-refractivity contribution in [1.29, 1.82) is 0 Å². The van der Waals surface area contributed by atoms with E-state index in [0.717, 1.165) is 41.9 Å². The number of fused-ring (bicyclic) bond motifs is 3. The van der Waals surface area contributed by atoms with Gasteiger partial charge in [-0.2, -0.15) is 0 Å². The van der Waals surface area contributed by atoms with E-state index in [-0.39, 0.29) is 30.4 Å². The van der Waals surface area contributed by atoms with Crippen molar-refractivity contribution < 1.29 is 9.59 Å². The topological polar surface area (TPSA) is 45.6 Å². The zero-order valence-electron chi connectivity index (χ0n) is 21.1. The normalized spacial score (nSPS) is 19.1. The molecule has 5 heteroatoms. The molecule has 1 aliphatic heterocycles. The average Bonchev–Trinajstić information content (AvgIpc) is 3.36. The summed E-state index contributed by atoms with van der Waals surface area (Å²) < 4.78 is 2.19. The quantitative estimate of drug-likeness (QED) is 0.404. The minimum absolute atomic E-state index is 0.0116. The number of hydrogen-bond donors (Lipinski definition) is 0. The number of hydrogen-bond acceptors (Lipinski definition) is 2. The summed E-state index contributed by atoms with van der Waals surface area (Å²) >= 11 is 0. The number of aryl methyl sites for hydroxylation is 1. The zero-order valence-corrected chi connectivity index (χ0v) is 21.1. The fraction of sp³-hybridized carbons (Fsp3) is 0.419. The van der Waals surface area contributed by atoms with Crippen molar-refractivity contribution in [3.05, 3.63) is 83.7 Å². The lowest BCUT2D eigenvalue weighted by molar-refractivity contribution is -0.136. The number of carbonyl (C=O) groups excluding carboxylic acids is 2. The van der Waals surface area contributed by atoms with Gasteiger partial charge in [-0.05, 0) is 61.9 Å². The number of aromatic nitrogens is 1.